The predicted octanol–water partition coefficient (Wildman–Crippen LogP) is 0.954. The van der Waals surface area contributed by atoms with Crippen LogP contribution in [-0.2, 0) is 14.3 Å². The Kier molecular flexibility index (Phi) is 4.54. The third-order valence-corrected chi connectivity index (χ3v) is 2.84. The average Bonchev–Trinajstić information content (AvgIpc) is 2.11. The van der Waals surface area contributed by atoms with Gasteiger partial charge in [-0.15, -0.1) is 0 Å². The number of methoxy groups -OCH3 is 1. The molecular weight excluding hydrogens is 194 g/mol. The first-order valence-corrected chi connectivity index (χ1v) is 5.45. The molecule has 15 heavy (non-hydrogen) atoms. The molecule has 1 saturated heterocycles. The third kappa shape index (κ3) is 4.62. The van der Waals surface area contributed by atoms with Gasteiger partial charge in [-0.25, -0.2) is 0 Å². The van der Waals surface area contributed by atoms with Gasteiger partial charge in [-0.1, -0.05) is 0 Å². The highest BCUT2D eigenvalue weighted by Crippen LogP contribution is 2.14. The van der Waals surface area contributed by atoms with Crippen LogP contribution >= 0.6 is 0 Å². The van der Waals surface area contributed by atoms with E-state index in [9.17, 15) is 4.79 Å². The largest absolute Gasteiger partial charge is 0.466 e. The van der Waals surface area contributed by atoms with E-state index in [0.717, 1.165) is 19.5 Å². The Labute approximate surface area is 91.3 Å². The molecule has 0 bridgehead atoms. The summed E-state index contributed by atoms with van der Waals surface area (Å²) in [5.74, 6) is 0.390. The molecule has 1 heterocycles. The molecule has 0 aromatic carbocycles. The zero-order valence-electron chi connectivity index (χ0n) is 9.84. The lowest BCUT2D eigenvalue weighted by atomic mass is 10.00. The van der Waals surface area contributed by atoms with E-state index in [1.165, 1.54) is 0 Å². The second-order valence-corrected chi connectivity index (χ2v) is 4.66. The third-order valence-electron chi connectivity index (χ3n) is 2.84. The molecule has 0 saturated carbocycles. The number of carbonyl (C=O) groups excluding carboxylic acids is 1. The first kappa shape index (κ1) is 12.5. The summed E-state index contributed by atoms with van der Waals surface area (Å²) < 4.78 is 10.4. The molecule has 0 aromatic heterocycles. The van der Waals surface area contributed by atoms with Gasteiger partial charge < -0.3 is 14.8 Å². The fourth-order valence-electron chi connectivity index (χ4n) is 1.30. The molecule has 0 aromatic rings. The van der Waals surface area contributed by atoms with Crippen LogP contribution in [0.25, 0.3) is 0 Å². The number of nitrogens with one attached hydrogen (secondary N) is 1. The molecule has 1 fully saturated rings. The van der Waals surface area contributed by atoms with Crippen LogP contribution in [0.5, 0.6) is 0 Å². The van der Waals surface area contributed by atoms with E-state index in [0.29, 0.717) is 18.9 Å². The quantitative estimate of drug-likeness (QED) is 0.670. The Hall–Kier alpha value is -0.610. The molecule has 1 rings (SSSR count). The topological polar surface area (TPSA) is 47.6 Å². The standard InChI is InChI=1S/C11H21NO3/c1-11(2,14-3)4-5-15-10(13)6-9-7-12-8-9/h9,12H,4-8H2,1-3H3. The van der Waals surface area contributed by atoms with Crippen LogP contribution in [0.3, 0.4) is 0 Å². The Morgan fingerprint density at radius 3 is 2.60 bits per heavy atom. The summed E-state index contributed by atoms with van der Waals surface area (Å²) in [4.78, 5) is 11.3. The number of carbonyl (C=O) groups is 1. The Morgan fingerprint density at radius 1 is 1.47 bits per heavy atom. The van der Waals surface area contributed by atoms with Crippen molar-refractivity contribution in [1.29, 1.82) is 0 Å². The van der Waals surface area contributed by atoms with E-state index in [2.05, 4.69) is 5.32 Å². The fraction of sp³-hybridized carbons (Fsp3) is 0.909. The molecule has 4 heteroatoms. The maximum atomic E-state index is 11.3. The zero-order chi connectivity index (χ0) is 11.3. The van der Waals surface area contributed by atoms with Gasteiger partial charge in [-0.2, -0.15) is 0 Å². The molecule has 1 aliphatic rings. The molecule has 0 radical (unpaired) electrons. The second-order valence-electron chi connectivity index (χ2n) is 4.66. The molecule has 0 atom stereocenters. The molecule has 0 aliphatic carbocycles. The molecule has 0 unspecified atom stereocenters. The van der Waals surface area contributed by atoms with Gasteiger partial charge in [0.05, 0.1) is 18.6 Å². The smallest absolute Gasteiger partial charge is 0.306 e. The lowest BCUT2D eigenvalue weighted by Gasteiger charge is -2.26. The molecule has 4 nitrogen and oxygen atoms in total. The van der Waals surface area contributed by atoms with Gasteiger partial charge in [0.15, 0.2) is 0 Å². The molecule has 1 N–H and O–H groups in total. The van der Waals surface area contributed by atoms with E-state index in [1.54, 1.807) is 7.11 Å². The highest BCUT2D eigenvalue weighted by molar-refractivity contribution is 5.69. The highest BCUT2D eigenvalue weighted by atomic mass is 16.5. The maximum absolute atomic E-state index is 11.3. The fourth-order valence-corrected chi connectivity index (χ4v) is 1.30. The van der Waals surface area contributed by atoms with Gasteiger partial charge in [0.1, 0.15) is 0 Å². The van der Waals surface area contributed by atoms with Crippen LogP contribution in [0.1, 0.15) is 26.7 Å². The number of rotatable bonds is 6. The monoisotopic (exact) mass is 215 g/mol. The van der Waals surface area contributed by atoms with Crippen LogP contribution in [0.2, 0.25) is 0 Å². The van der Waals surface area contributed by atoms with Crippen molar-refractivity contribution < 1.29 is 14.3 Å². The molecule has 88 valence electrons. The zero-order valence-corrected chi connectivity index (χ0v) is 9.84. The van der Waals surface area contributed by atoms with Crippen molar-refractivity contribution in [1.82, 2.24) is 5.32 Å². The van der Waals surface area contributed by atoms with Crippen molar-refractivity contribution in [2.75, 3.05) is 26.8 Å². The Balaban J connectivity index is 2.06. The normalized spacial score (nSPS) is 17.3. The summed E-state index contributed by atoms with van der Waals surface area (Å²) in [6.45, 7) is 6.30. The lowest BCUT2D eigenvalue weighted by Crippen LogP contribution is -2.43. The van der Waals surface area contributed by atoms with Crippen molar-refractivity contribution in [3.05, 3.63) is 0 Å². The van der Waals surface area contributed by atoms with Crippen molar-refractivity contribution in [3.8, 4) is 0 Å². The Morgan fingerprint density at radius 2 is 2.13 bits per heavy atom. The first-order chi connectivity index (χ1) is 7.03. The maximum Gasteiger partial charge on any atom is 0.306 e. The minimum atomic E-state index is -0.210. The predicted molar refractivity (Wildman–Crippen MR) is 57.6 cm³/mol. The molecular formula is C11H21NO3. The Bertz CT molecular complexity index is 212. The molecule has 1 aliphatic heterocycles. The van der Waals surface area contributed by atoms with Crippen molar-refractivity contribution >= 4 is 5.97 Å². The number of hydrogen-bond acceptors (Lipinski definition) is 4. The number of esters is 1. The summed E-state index contributed by atoms with van der Waals surface area (Å²) in [6, 6.07) is 0. The van der Waals surface area contributed by atoms with Crippen molar-refractivity contribution in [2.24, 2.45) is 5.92 Å². The molecule has 0 spiro atoms. The van der Waals surface area contributed by atoms with Crippen LogP contribution in [0, 0.1) is 5.92 Å². The van der Waals surface area contributed by atoms with Gasteiger partial charge in [0.25, 0.3) is 0 Å². The van der Waals surface area contributed by atoms with Crippen molar-refractivity contribution in [3.63, 3.8) is 0 Å². The SMILES string of the molecule is COC(C)(C)CCOC(=O)CC1CNC1. The van der Waals surface area contributed by atoms with E-state index in [1.807, 2.05) is 13.8 Å². The molecule has 0 amide bonds. The summed E-state index contributed by atoms with van der Waals surface area (Å²) in [5.41, 5.74) is -0.210. The van der Waals surface area contributed by atoms with Gasteiger partial charge >= 0.3 is 5.97 Å². The first-order valence-electron chi connectivity index (χ1n) is 5.45. The summed E-state index contributed by atoms with van der Waals surface area (Å²) in [5, 5.41) is 3.13. The lowest BCUT2D eigenvalue weighted by molar-refractivity contribution is -0.146. The van der Waals surface area contributed by atoms with Crippen LogP contribution in [0.4, 0.5) is 0 Å². The average molecular weight is 215 g/mol. The second kappa shape index (κ2) is 5.47. The van der Waals surface area contributed by atoms with E-state index in [-0.39, 0.29) is 11.6 Å². The minimum absolute atomic E-state index is 0.0894. The van der Waals surface area contributed by atoms with Gasteiger partial charge in [-0.3, -0.25) is 4.79 Å². The van der Waals surface area contributed by atoms with Crippen molar-refractivity contribution in [2.45, 2.75) is 32.3 Å². The van der Waals surface area contributed by atoms with E-state index < -0.39 is 0 Å². The van der Waals surface area contributed by atoms with Gasteiger partial charge in [0.2, 0.25) is 0 Å². The number of ether oxygens (including phenoxy) is 2. The summed E-state index contributed by atoms with van der Waals surface area (Å²) in [6.07, 6.45) is 1.28. The van der Waals surface area contributed by atoms with Gasteiger partial charge in [0, 0.05) is 13.5 Å². The van der Waals surface area contributed by atoms with Crippen LogP contribution in [0.15, 0.2) is 0 Å². The van der Waals surface area contributed by atoms with Crippen LogP contribution < -0.4 is 5.32 Å². The summed E-state index contributed by atoms with van der Waals surface area (Å²) >= 11 is 0. The summed E-state index contributed by atoms with van der Waals surface area (Å²) in [7, 11) is 1.67. The van der Waals surface area contributed by atoms with E-state index in [4.69, 9.17) is 9.47 Å². The van der Waals surface area contributed by atoms with Gasteiger partial charge in [-0.05, 0) is 32.9 Å². The number of hydrogen-bond donors (Lipinski definition) is 1. The highest BCUT2D eigenvalue weighted by Gasteiger charge is 2.22. The minimum Gasteiger partial charge on any atom is -0.466 e. The van der Waals surface area contributed by atoms with Crippen LogP contribution in [-0.4, -0.2) is 38.4 Å². The van der Waals surface area contributed by atoms with E-state index >= 15 is 0 Å².